The molecule has 0 amide bonds. The van der Waals surface area contributed by atoms with Crippen LogP contribution in [-0.2, 0) is 9.84 Å². The predicted molar refractivity (Wildman–Crippen MR) is 67.7 cm³/mol. The molecule has 17 heavy (non-hydrogen) atoms. The average Bonchev–Trinajstić information content (AvgIpc) is 2.30. The molecule has 0 radical (unpaired) electrons. The first kappa shape index (κ1) is 13.9. The van der Waals surface area contributed by atoms with E-state index in [-0.39, 0.29) is 11.5 Å². The van der Waals surface area contributed by atoms with Crippen molar-refractivity contribution in [3.63, 3.8) is 0 Å². The van der Waals surface area contributed by atoms with Gasteiger partial charge in [-0.3, -0.25) is 4.79 Å². The van der Waals surface area contributed by atoms with E-state index in [0.717, 1.165) is 0 Å². The topological polar surface area (TPSA) is 77.2 Å². The highest BCUT2D eigenvalue weighted by Crippen LogP contribution is 2.04. The van der Waals surface area contributed by atoms with E-state index in [4.69, 9.17) is 5.73 Å². The fraction of sp³-hybridized carbons (Fsp3) is 0.417. The minimum absolute atomic E-state index is 0.0305. The van der Waals surface area contributed by atoms with Gasteiger partial charge in [0.1, 0.15) is 5.75 Å². The molecule has 0 aromatic heterocycles. The third-order valence-corrected chi connectivity index (χ3v) is 3.97. The lowest BCUT2D eigenvalue weighted by Gasteiger charge is -2.03. The molecule has 1 rings (SSSR count). The van der Waals surface area contributed by atoms with Crippen molar-refractivity contribution < 1.29 is 13.2 Å². The Morgan fingerprint density at radius 1 is 1.12 bits per heavy atom. The van der Waals surface area contributed by atoms with Gasteiger partial charge in [0.15, 0.2) is 15.6 Å². The Kier molecular flexibility index (Phi) is 5.31. The first-order valence-corrected chi connectivity index (χ1v) is 7.36. The molecule has 1 aromatic carbocycles. The lowest BCUT2D eigenvalue weighted by atomic mass is 10.2. The highest BCUT2D eigenvalue weighted by Gasteiger charge is 2.17. The van der Waals surface area contributed by atoms with Crippen molar-refractivity contribution in [2.24, 2.45) is 5.73 Å². The van der Waals surface area contributed by atoms with Gasteiger partial charge in [-0.05, 0) is 19.4 Å². The second-order valence-corrected chi connectivity index (χ2v) is 6.06. The van der Waals surface area contributed by atoms with Crippen LogP contribution in [0.15, 0.2) is 30.3 Å². The maximum atomic E-state index is 11.7. The summed E-state index contributed by atoms with van der Waals surface area (Å²) in [7, 11) is -3.31. The Bertz CT molecular complexity index is 454. The minimum atomic E-state index is -3.31. The number of benzene rings is 1. The van der Waals surface area contributed by atoms with E-state index in [1.165, 1.54) is 0 Å². The third kappa shape index (κ3) is 5.10. The number of hydrogen-bond acceptors (Lipinski definition) is 4. The Balaban J connectivity index is 2.56. The molecule has 1 aromatic rings. The largest absolute Gasteiger partial charge is 0.330 e. The van der Waals surface area contributed by atoms with E-state index >= 15 is 0 Å². The van der Waals surface area contributed by atoms with E-state index in [0.29, 0.717) is 24.9 Å². The summed E-state index contributed by atoms with van der Waals surface area (Å²) in [6.45, 7) is 0.474. The molecule has 0 bridgehead atoms. The maximum absolute atomic E-state index is 11.7. The number of Topliss-reactive ketones (excluding diaryl/α,β-unsaturated/α-hetero) is 1. The zero-order valence-corrected chi connectivity index (χ0v) is 10.4. The van der Waals surface area contributed by atoms with Crippen molar-refractivity contribution in [3.05, 3.63) is 35.9 Å². The van der Waals surface area contributed by atoms with Crippen LogP contribution in [0.1, 0.15) is 23.2 Å². The molecule has 0 aliphatic carbocycles. The van der Waals surface area contributed by atoms with Gasteiger partial charge in [-0.2, -0.15) is 0 Å². The number of carbonyl (C=O) groups is 1. The third-order valence-electron chi connectivity index (χ3n) is 2.36. The van der Waals surface area contributed by atoms with Crippen LogP contribution in [0.3, 0.4) is 0 Å². The van der Waals surface area contributed by atoms with Crippen LogP contribution in [0.2, 0.25) is 0 Å². The molecule has 0 spiro atoms. The number of unbranched alkanes of at least 4 members (excludes halogenated alkanes) is 1. The fourth-order valence-electron chi connectivity index (χ4n) is 1.45. The van der Waals surface area contributed by atoms with Crippen LogP contribution in [0.25, 0.3) is 0 Å². The Morgan fingerprint density at radius 3 is 2.35 bits per heavy atom. The van der Waals surface area contributed by atoms with E-state index in [1.807, 2.05) is 0 Å². The lowest BCUT2D eigenvalue weighted by molar-refractivity contribution is 0.102. The number of sulfone groups is 1. The van der Waals surface area contributed by atoms with Crippen molar-refractivity contribution >= 4 is 15.6 Å². The number of ketones is 1. The molecule has 0 saturated carbocycles. The Morgan fingerprint density at radius 2 is 1.76 bits per heavy atom. The van der Waals surface area contributed by atoms with Gasteiger partial charge in [-0.25, -0.2) is 8.42 Å². The molecule has 0 unspecified atom stereocenters. The zero-order chi connectivity index (χ0) is 12.7. The quantitative estimate of drug-likeness (QED) is 0.583. The molecule has 0 aliphatic rings. The Hall–Kier alpha value is -1.20. The highest BCUT2D eigenvalue weighted by atomic mass is 32.2. The van der Waals surface area contributed by atoms with E-state index in [2.05, 4.69) is 0 Å². The summed E-state index contributed by atoms with van der Waals surface area (Å²) < 4.78 is 23.3. The van der Waals surface area contributed by atoms with E-state index < -0.39 is 15.6 Å². The molecule has 0 atom stereocenters. The van der Waals surface area contributed by atoms with Crippen molar-refractivity contribution in [2.45, 2.75) is 12.8 Å². The molecule has 5 heteroatoms. The highest BCUT2D eigenvalue weighted by molar-refractivity contribution is 7.92. The summed E-state index contributed by atoms with van der Waals surface area (Å²) in [5.74, 6) is -0.733. The predicted octanol–water partition coefficient (Wildman–Crippen LogP) is 1.02. The van der Waals surface area contributed by atoms with Gasteiger partial charge in [0.2, 0.25) is 0 Å². The van der Waals surface area contributed by atoms with Crippen LogP contribution < -0.4 is 5.73 Å². The van der Waals surface area contributed by atoms with Gasteiger partial charge >= 0.3 is 0 Å². The molecule has 2 N–H and O–H groups in total. The van der Waals surface area contributed by atoms with Crippen LogP contribution in [0.5, 0.6) is 0 Å². The van der Waals surface area contributed by atoms with Crippen LogP contribution in [0, 0.1) is 0 Å². The van der Waals surface area contributed by atoms with Gasteiger partial charge < -0.3 is 5.73 Å². The molecule has 94 valence electrons. The van der Waals surface area contributed by atoms with E-state index in [9.17, 15) is 13.2 Å². The molecule has 0 saturated heterocycles. The average molecular weight is 255 g/mol. The summed E-state index contributed by atoms with van der Waals surface area (Å²) in [4.78, 5) is 11.7. The second kappa shape index (κ2) is 6.51. The smallest absolute Gasteiger partial charge is 0.177 e. The first-order valence-electron chi connectivity index (χ1n) is 5.54. The van der Waals surface area contributed by atoms with Crippen LogP contribution in [-0.4, -0.2) is 32.3 Å². The van der Waals surface area contributed by atoms with Gasteiger partial charge in [0, 0.05) is 5.56 Å². The SMILES string of the molecule is NCCCCS(=O)(=O)CC(=O)c1ccccc1. The maximum Gasteiger partial charge on any atom is 0.177 e. The number of hydrogen-bond donors (Lipinski definition) is 1. The fourth-order valence-corrected chi connectivity index (χ4v) is 2.80. The summed E-state index contributed by atoms with van der Waals surface area (Å²) >= 11 is 0. The molecule has 0 fully saturated rings. The van der Waals surface area contributed by atoms with Gasteiger partial charge in [0.05, 0.1) is 5.75 Å². The zero-order valence-electron chi connectivity index (χ0n) is 9.63. The van der Waals surface area contributed by atoms with Crippen molar-refractivity contribution in [2.75, 3.05) is 18.1 Å². The molecule has 0 aliphatic heterocycles. The summed E-state index contributed by atoms with van der Waals surface area (Å²) in [6, 6.07) is 8.46. The standard InChI is InChI=1S/C12H17NO3S/c13-8-4-5-9-17(15,16)10-12(14)11-6-2-1-3-7-11/h1-3,6-7H,4-5,8-10,13H2. The van der Waals surface area contributed by atoms with Gasteiger partial charge in [-0.1, -0.05) is 30.3 Å². The first-order chi connectivity index (χ1) is 8.05. The number of carbonyl (C=O) groups excluding carboxylic acids is 1. The summed E-state index contributed by atoms with van der Waals surface area (Å²) in [5.41, 5.74) is 5.73. The monoisotopic (exact) mass is 255 g/mol. The second-order valence-electron chi connectivity index (χ2n) is 3.88. The normalized spacial score (nSPS) is 11.4. The van der Waals surface area contributed by atoms with Crippen molar-refractivity contribution in [1.29, 1.82) is 0 Å². The Labute approximate surface area is 102 Å². The van der Waals surface area contributed by atoms with Gasteiger partial charge in [-0.15, -0.1) is 0 Å². The van der Waals surface area contributed by atoms with E-state index in [1.54, 1.807) is 30.3 Å². The summed E-state index contributed by atoms with van der Waals surface area (Å²) in [6.07, 6.45) is 1.18. The van der Waals surface area contributed by atoms with Crippen molar-refractivity contribution in [1.82, 2.24) is 0 Å². The number of nitrogens with two attached hydrogens (primary N) is 1. The van der Waals surface area contributed by atoms with Crippen LogP contribution >= 0.6 is 0 Å². The molecular weight excluding hydrogens is 238 g/mol. The van der Waals surface area contributed by atoms with Crippen LogP contribution in [0.4, 0.5) is 0 Å². The molecule has 4 nitrogen and oxygen atoms in total. The van der Waals surface area contributed by atoms with Gasteiger partial charge in [0.25, 0.3) is 0 Å². The summed E-state index contributed by atoms with van der Waals surface area (Å²) in [5, 5.41) is 0. The number of rotatable bonds is 7. The minimum Gasteiger partial charge on any atom is -0.330 e. The molecular formula is C12H17NO3S. The molecule has 0 heterocycles. The lowest BCUT2D eigenvalue weighted by Crippen LogP contribution is -2.19. The van der Waals surface area contributed by atoms with Crippen molar-refractivity contribution in [3.8, 4) is 0 Å².